The van der Waals surface area contributed by atoms with Gasteiger partial charge in [0.2, 0.25) is 5.91 Å². The highest BCUT2D eigenvalue weighted by Crippen LogP contribution is 2.15. The van der Waals surface area contributed by atoms with E-state index in [1.54, 1.807) is 6.92 Å². The first-order chi connectivity index (χ1) is 7.61. The lowest BCUT2D eigenvalue weighted by Gasteiger charge is -2.04. The fourth-order valence-electron chi connectivity index (χ4n) is 1.06. The molecule has 0 aromatic heterocycles. The summed E-state index contributed by atoms with van der Waals surface area (Å²) in [7, 11) is 0. The van der Waals surface area contributed by atoms with E-state index in [-0.39, 0.29) is 11.0 Å². The number of halogens is 1. The van der Waals surface area contributed by atoms with Gasteiger partial charge in [0.15, 0.2) is 5.12 Å². The summed E-state index contributed by atoms with van der Waals surface area (Å²) in [5.41, 5.74) is 1.87. The van der Waals surface area contributed by atoms with Crippen LogP contribution in [0.4, 0.5) is 5.69 Å². The number of benzene rings is 1. The minimum atomic E-state index is -0.00791. The molecule has 0 spiro atoms. The van der Waals surface area contributed by atoms with E-state index in [0.717, 1.165) is 11.3 Å². The molecule has 1 aromatic carbocycles. The highest BCUT2D eigenvalue weighted by molar-refractivity contribution is 14.1. The van der Waals surface area contributed by atoms with Crippen LogP contribution in [-0.2, 0) is 15.3 Å². The van der Waals surface area contributed by atoms with Crippen molar-refractivity contribution in [2.75, 3.05) is 9.74 Å². The van der Waals surface area contributed by atoms with Crippen molar-refractivity contribution in [2.24, 2.45) is 0 Å². The molecule has 1 rings (SSSR count). The topological polar surface area (TPSA) is 46.2 Å². The van der Waals surface area contributed by atoms with E-state index in [2.05, 4.69) is 5.32 Å². The van der Waals surface area contributed by atoms with Crippen molar-refractivity contribution in [2.45, 2.75) is 12.7 Å². The average molecular weight is 349 g/mol. The zero-order chi connectivity index (χ0) is 12.0. The molecule has 0 bridgehead atoms. The number of amides is 1. The summed E-state index contributed by atoms with van der Waals surface area (Å²) in [6, 6.07) is 7.53. The van der Waals surface area contributed by atoms with Crippen LogP contribution >= 0.6 is 34.4 Å². The molecule has 0 aliphatic carbocycles. The number of carbonyl (C=O) groups is 2. The van der Waals surface area contributed by atoms with Crippen LogP contribution in [0, 0.1) is 0 Å². The van der Waals surface area contributed by atoms with Crippen molar-refractivity contribution in [1.82, 2.24) is 0 Å². The van der Waals surface area contributed by atoms with Crippen LogP contribution in [0.1, 0.15) is 12.5 Å². The molecular formula is C11H12INO2S. The van der Waals surface area contributed by atoms with Crippen molar-refractivity contribution in [3.05, 3.63) is 29.8 Å². The summed E-state index contributed by atoms with van der Waals surface area (Å²) >= 11 is 3.30. The molecular weight excluding hydrogens is 337 g/mol. The maximum absolute atomic E-state index is 11.1. The van der Waals surface area contributed by atoms with Crippen LogP contribution in [0.3, 0.4) is 0 Å². The lowest BCUT2D eigenvalue weighted by atomic mass is 10.2. The van der Waals surface area contributed by atoms with E-state index in [4.69, 9.17) is 0 Å². The molecule has 1 amide bonds. The summed E-state index contributed by atoms with van der Waals surface area (Å²) in [6.07, 6.45) is 0. The van der Waals surface area contributed by atoms with Gasteiger partial charge in [0.25, 0.3) is 0 Å². The number of nitrogens with one attached hydrogen (secondary N) is 1. The molecule has 1 N–H and O–H groups in total. The number of thioether (sulfide) groups is 1. The lowest BCUT2D eigenvalue weighted by Crippen LogP contribution is -2.11. The molecule has 16 heavy (non-hydrogen) atoms. The summed E-state index contributed by atoms with van der Waals surface area (Å²) in [6.45, 7) is 1.56. The van der Waals surface area contributed by atoms with Crippen LogP contribution < -0.4 is 5.32 Å². The molecule has 0 heterocycles. The zero-order valence-electron chi connectivity index (χ0n) is 8.83. The minimum absolute atomic E-state index is 0.00791. The van der Waals surface area contributed by atoms with Gasteiger partial charge in [-0.2, -0.15) is 0 Å². The SMILES string of the molecule is CC(=O)SCc1ccc(NC(=O)CI)cc1. The monoisotopic (exact) mass is 349 g/mol. The van der Waals surface area contributed by atoms with Gasteiger partial charge in [-0.05, 0) is 17.7 Å². The molecule has 86 valence electrons. The molecule has 0 saturated carbocycles. The minimum Gasteiger partial charge on any atom is -0.325 e. The van der Waals surface area contributed by atoms with Crippen molar-refractivity contribution in [3.63, 3.8) is 0 Å². The smallest absolute Gasteiger partial charge is 0.234 e. The third-order valence-corrected chi connectivity index (χ3v) is 3.38. The van der Waals surface area contributed by atoms with Gasteiger partial charge in [-0.25, -0.2) is 0 Å². The summed E-state index contributed by atoms with van der Waals surface area (Å²) in [5, 5.41) is 2.88. The third kappa shape index (κ3) is 4.98. The normalized spacial score (nSPS) is 9.88. The Labute approximate surface area is 113 Å². The maximum atomic E-state index is 11.1. The second-order valence-electron chi connectivity index (χ2n) is 3.16. The molecule has 0 aliphatic rings. The van der Waals surface area contributed by atoms with Crippen molar-refractivity contribution < 1.29 is 9.59 Å². The van der Waals surface area contributed by atoms with Gasteiger partial charge in [0.1, 0.15) is 0 Å². The molecule has 5 heteroatoms. The Balaban J connectivity index is 2.54. The van der Waals surface area contributed by atoms with Gasteiger partial charge in [0, 0.05) is 18.4 Å². The number of alkyl halides is 1. The molecule has 1 aromatic rings. The number of rotatable bonds is 4. The molecule has 0 unspecified atom stereocenters. The Morgan fingerprint density at radius 2 is 1.94 bits per heavy atom. The quantitative estimate of drug-likeness (QED) is 0.672. The first kappa shape index (κ1) is 13.5. The first-order valence-electron chi connectivity index (χ1n) is 4.70. The van der Waals surface area contributed by atoms with Gasteiger partial charge in [0.05, 0.1) is 4.43 Å². The molecule has 3 nitrogen and oxygen atoms in total. The Morgan fingerprint density at radius 1 is 1.31 bits per heavy atom. The van der Waals surface area contributed by atoms with E-state index >= 15 is 0 Å². The van der Waals surface area contributed by atoms with Gasteiger partial charge >= 0.3 is 0 Å². The fourth-order valence-corrected chi connectivity index (χ4v) is 1.82. The molecule has 0 fully saturated rings. The predicted octanol–water partition coefficient (Wildman–Crippen LogP) is 2.84. The van der Waals surface area contributed by atoms with Crippen molar-refractivity contribution >= 4 is 51.1 Å². The second kappa shape index (κ2) is 6.90. The van der Waals surface area contributed by atoms with Gasteiger partial charge in [-0.15, -0.1) is 0 Å². The lowest BCUT2D eigenvalue weighted by molar-refractivity contribution is -0.113. The Morgan fingerprint density at radius 3 is 2.44 bits per heavy atom. The summed E-state index contributed by atoms with van der Waals surface area (Å²) < 4.78 is 0.444. The zero-order valence-corrected chi connectivity index (χ0v) is 11.8. The van der Waals surface area contributed by atoms with Crippen molar-refractivity contribution in [1.29, 1.82) is 0 Å². The van der Waals surface area contributed by atoms with E-state index < -0.39 is 0 Å². The number of hydrogen-bond acceptors (Lipinski definition) is 3. The van der Waals surface area contributed by atoms with Gasteiger partial charge in [-0.3, -0.25) is 9.59 Å². The van der Waals surface area contributed by atoms with E-state index in [0.29, 0.717) is 10.2 Å². The standard InChI is InChI=1S/C11H12INO2S/c1-8(14)16-7-9-2-4-10(5-3-9)13-11(15)6-12/h2-5H,6-7H2,1H3,(H,13,15). The first-order valence-corrected chi connectivity index (χ1v) is 7.21. The number of anilines is 1. The highest BCUT2D eigenvalue weighted by atomic mass is 127. The molecule has 0 radical (unpaired) electrons. The van der Waals surface area contributed by atoms with E-state index in [1.165, 1.54) is 11.8 Å². The third-order valence-electron chi connectivity index (χ3n) is 1.80. The Hall–Kier alpha value is -0.560. The van der Waals surface area contributed by atoms with Crippen LogP contribution in [0.5, 0.6) is 0 Å². The van der Waals surface area contributed by atoms with Crippen molar-refractivity contribution in [3.8, 4) is 0 Å². The largest absolute Gasteiger partial charge is 0.325 e. The second-order valence-corrected chi connectivity index (χ2v) is 5.07. The summed E-state index contributed by atoms with van der Waals surface area (Å²) in [5.74, 6) is 0.669. The average Bonchev–Trinajstić information content (AvgIpc) is 2.28. The number of carbonyl (C=O) groups excluding carboxylic acids is 2. The van der Waals surface area contributed by atoms with Crippen LogP contribution in [0.15, 0.2) is 24.3 Å². The Bertz CT molecular complexity index is 378. The van der Waals surface area contributed by atoms with E-state index in [1.807, 2.05) is 46.9 Å². The molecule has 0 atom stereocenters. The van der Waals surface area contributed by atoms with Gasteiger partial charge in [-0.1, -0.05) is 46.5 Å². The van der Waals surface area contributed by atoms with E-state index in [9.17, 15) is 9.59 Å². The fraction of sp³-hybridized carbons (Fsp3) is 0.273. The predicted molar refractivity (Wildman–Crippen MR) is 75.9 cm³/mol. The number of hydrogen-bond donors (Lipinski definition) is 1. The molecule has 0 aliphatic heterocycles. The van der Waals surface area contributed by atoms with Crippen LogP contribution in [0.25, 0.3) is 0 Å². The maximum Gasteiger partial charge on any atom is 0.234 e. The molecule has 0 saturated heterocycles. The Kier molecular flexibility index (Phi) is 5.83. The van der Waals surface area contributed by atoms with Gasteiger partial charge < -0.3 is 5.32 Å². The highest BCUT2D eigenvalue weighted by Gasteiger charge is 2.00. The van der Waals surface area contributed by atoms with Crippen LogP contribution in [0.2, 0.25) is 0 Å². The summed E-state index contributed by atoms with van der Waals surface area (Å²) in [4.78, 5) is 21.9. The van der Waals surface area contributed by atoms with Crippen LogP contribution in [-0.4, -0.2) is 15.5 Å².